The number of fused-ring (bicyclic) bond motifs is 1. The van der Waals surface area contributed by atoms with Crippen LogP contribution in [0.1, 0.15) is 24.8 Å². The first kappa shape index (κ1) is 19.1. The molecule has 7 heteroatoms. The molecular formula is C22H20N2O4S. The number of carbonyl (C=O) groups excluding carboxylic acids is 1. The van der Waals surface area contributed by atoms with Gasteiger partial charge in [-0.25, -0.2) is 0 Å². The molecule has 6 nitrogen and oxygen atoms in total. The SMILES string of the molecule is CCOc1ccc2ccccc2c1COC(=O)CCc1nc(-c2ccsc2)no1. The van der Waals surface area contributed by atoms with Crippen molar-refractivity contribution < 1.29 is 18.8 Å². The molecule has 4 rings (SSSR count). The highest BCUT2D eigenvalue weighted by atomic mass is 32.1. The van der Waals surface area contributed by atoms with E-state index in [2.05, 4.69) is 10.1 Å². The lowest BCUT2D eigenvalue weighted by molar-refractivity contribution is -0.145. The highest BCUT2D eigenvalue weighted by Gasteiger charge is 2.14. The average Bonchev–Trinajstić information content (AvgIpc) is 3.43. The highest BCUT2D eigenvalue weighted by Crippen LogP contribution is 2.29. The lowest BCUT2D eigenvalue weighted by Gasteiger charge is -2.13. The normalized spacial score (nSPS) is 10.9. The Labute approximate surface area is 172 Å². The molecule has 0 amide bonds. The molecule has 4 aromatic rings. The minimum absolute atomic E-state index is 0.152. The van der Waals surface area contributed by atoms with E-state index in [9.17, 15) is 4.79 Å². The zero-order valence-corrected chi connectivity index (χ0v) is 16.8. The highest BCUT2D eigenvalue weighted by molar-refractivity contribution is 7.08. The summed E-state index contributed by atoms with van der Waals surface area (Å²) in [6.07, 6.45) is 0.504. The van der Waals surface area contributed by atoms with Gasteiger partial charge in [-0.1, -0.05) is 35.5 Å². The molecule has 0 spiro atoms. The summed E-state index contributed by atoms with van der Waals surface area (Å²) in [6.45, 7) is 2.63. The summed E-state index contributed by atoms with van der Waals surface area (Å²) >= 11 is 1.57. The van der Waals surface area contributed by atoms with E-state index in [4.69, 9.17) is 14.0 Å². The molecule has 0 saturated heterocycles. The third kappa shape index (κ3) is 4.46. The molecule has 0 aliphatic rings. The van der Waals surface area contributed by atoms with Gasteiger partial charge in [0.2, 0.25) is 11.7 Å². The zero-order chi connectivity index (χ0) is 20.1. The Morgan fingerprint density at radius 3 is 2.90 bits per heavy atom. The minimum atomic E-state index is -0.323. The van der Waals surface area contributed by atoms with Gasteiger partial charge in [0.05, 0.1) is 13.0 Å². The maximum atomic E-state index is 12.3. The van der Waals surface area contributed by atoms with Crippen molar-refractivity contribution in [3.63, 3.8) is 0 Å². The van der Waals surface area contributed by atoms with Gasteiger partial charge in [0.25, 0.3) is 0 Å². The lowest BCUT2D eigenvalue weighted by Crippen LogP contribution is -2.08. The van der Waals surface area contributed by atoms with Gasteiger partial charge in [0, 0.05) is 22.9 Å². The van der Waals surface area contributed by atoms with Crippen LogP contribution in [0, 0.1) is 0 Å². The maximum absolute atomic E-state index is 12.3. The second-order valence-electron chi connectivity index (χ2n) is 6.38. The van der Waals surface area contributed by atoms with Crippen molar-refractivity contribution in [1.82, 2.24) is 10.1 Å². The van der Waals surface area contributed by atoms with E-state index < -0.39 is 0 Å². The first-order chi connectivity index (χ1) is 14.2. The number of carbonyl (C=O) groups is 1. The monoisotopic (exact) mass is 408 g/mol. The van der Waals surface area contributed by atoms with Crippen LogP contribution in [0.15, 0.2) is 57.7 Å². The number of aryl methyl sites for hydroxylation is 1. The predicted molar refractivity (Wildman–Crippen MR) is 111 cm³/mol. The van der Waals surface area contributed by atoms with E-state index in [1.807, 2.05) is 60.1 Å². The van der Waals surface area contributed by atoms with Crippen LogP contribution in [0.25, 0.3) is 22.2 Å². The van der Waals surface area contributed by atoms with E-state index in [-0.39, 0.29) is 19.0 Å². The van der Waals surface area contributed by atoms with E-state index in [0.717, 1.165) is 27.6 Å². The molecule has 0 N–H and O–H groups in total. The second kappa shape index (κ2) is 8.87. The fraction of sp³-hybridized carbons (Fsp3) is 0.227. The Morgan fingerprint density at radius 1 is 1.17 bits per heavy atom. The van der Waals surface area contributed by atoms with Crippen LogP contribution in [0.4, 0.5) is 0 Å². The van der Waals surface area contributed by atoms with E-state index in [0.29, 0.717) is 24.7 Å². The summed E-state index contributed by atoms with van der Waals surface area (Å²) in [7, 11) is 0. The fourth-order valence-corrected chi connectivity index (χ4v) is 3.69. The predicted octanol–water partition coefficient (Wildman–Crippen LogP) is 5.03. The first-order valence-corrected chi connectivity index (χ1v) is 10.3. The summed E-state index contributed by atoms with van der Waals surface area (Å²) in [5.41, 5.74) is 1.78. The van der Waals surface area contributed by atoms with Crippen LogP contribution in [0.2, 0.25) is 0 Å². The number of ether oxygens (including phenoxy) is 2. The Hall–Kier alpha value is -3.19. The molecule has 0 unspecified atom stereocenters. The zero-order valence-electron chi connectivity index (χ0n) is 16.0. The van der Waals surface area contributed by atoms with Crippen LogP contribution >= 0.6 is 11.3 Å². The molecule has 29 heavy (non-hydrogen) atoms. The molecule has 0 saturated carbocycles. The van der Waals surface area contributed by atoms with Crippen LogP contribution in [0.5, 0.6) is 5.75 Å². The van der Waals surface area contributed by atoms with Crippen LogP contribution in [-0.2, 0) is 22.6 Å². The quantitative estimate of drug-likeness (QED) is 0.381. The smallest absolute Gasteiger partial charge is 0.306 e. The third-order valence-corrected chi connectivity index (χ3v) is 5.15. The Kier molecular flexibility index (Phi) is 5.86. The molecule has 2 aromatic heterocycles. The molecule has 2 aromatic carbocycles. The number of esters is 1. The van der Waals surface area contributed by atoms with E-state index in [1.165, 1.54) is 0 Å². The standard InChI is InChI=1S/C22H20N2O4S/c1-2-26-19-8-7-15-5-3-4-6-17(15)18(19)13-27-21(25)10-9-20-23-22(24-28-20)16-11-12-29-14-16/h3-8,11-12,14H,2,9-10,13H2,1H3. The number of hydrogen-bond donors (Lipinski definition) is 0. The number of aromatic nitrogens is 2. The number of rotatable bonds is 8. The number of benzene rings is 2. The molecule has 0 fully saturated rings. The molecule has 0 aliphatic carbocycles. The minimum Gasteiger partial charge on any atom is -0.493 e. The van der Waals surface area contributed by atoms with Crippen molar-refractivity contribution in [2.45, 2.75) is 26.4 Å². The van der Waals surface area contributed by atoms with E-state index >= 15 is 0 Å². The fourth-order valence-electron chi connectivity index (χ4n) is 3.05. The number of nitrogens with zero attached hydrogens (tertiary/aromatic N) is 2. The largest absolute Gasteiger partial charge is 0.493 e. The number of hydrogen-bond acceptors (Lipinski definition) is 7. The van der Waals surface area contributed by atoms with Crippen molar-refractivity contribution in [2.24, 2.45) is 0 Å². The van der Waals surface area contributed by atoms with Gasteiger partial charge in [-0.15, -0.1) is 0 Å². The average molecular weight is 408 g/mol. The molecule has 148 valence electrons. The second-order valence-corrected chi connectivity index (χ2v) is 7.16. The van der Waals surface area contributed by atoms with Crippen LogP contribution in [-0.4, -0.2) is 22.7 Å². The van der Waals surface area contributed by atoms with E-state index in [1.54, 1.807) is 11.3 Å². The van der Waals surface area contributed by atoms with Gasteiger partial charge < -0.3 is 14.0 Å². The van der Waals surface area contributed by atoms with Crippen molar-refractivity contribution in [3.8, 4) is 17.1 Å². The molecule has 0 radical (unpaired) electrons. The van der Waals surface area contributed by atoms with Crippen molar-refractivity contribution >= 4 is 28.1 Å². The van der Waals surface area contributed by atoms with Gasteiger partial charge >= 0.3 is 5.97 Å². The molecule has 2 heterocycles. The van der Waals surface area contributed by atoms with Crippen molar-refractivity contribution in [3.05, 3.63) is 64.7 Å². The summed E-state index contributed by atoms with van der Waals surface area (Å²) in [4.78, 5) is 16.6. The Morgan fingerprint density at radius 2 is 2.07 bits per heavy atom. The number of thiophene rings is 1. The Bertz CT molecular complexity index is 1110. The van der Waals surface area contributed by atoms with Crippen LogP contribution in [0.3, 0.4) is 0 Å². The Balaban J connectivity index is 1.39. The summed E-state index contributed by atoms with van der Waals surface area (Å²) in [5, 5.41) is 9.94. The maximum Gasteiger partial charge on any atom is 0.306 e. The topological polar surface area (TPSA) is 74.5 Å². The molecular weight excluding hydrogens is 388 g/mol. The van der Waals surface area contributed by atoms with Gasteiger partial charge in [0.1, 0.15) is 12.4 Å². The van der Waals surface area contributed by atoms with Gasteiger partial charge in [0.15, 0.2) is 0 Å². The van der Waals surface area contributed by atoms with Crippen molar-refractivity contribution in [2.75, 3.05) is 6.61 Å². The molecule has 0 aliphatic heterocycles. The van der Waals surface area contributed by atoms with Gasteiger partial charge in [-0.2, -0.15) is 16.3 Å². The summed E-state index contributed by atoms with van der Waals surface area (Å²) in [6, 6.07) is 13.8. The van der Waals surface area contributed by atoms with Gasteiger partial charge in [-0.3, -0.25) is 4.79 Å². The third-order valence-electron chi connectivity index (χ3n) is 4.47. The first-order valence-electron chi connectivity index (χ1n) is 9.39. The molecule has 0 bridgehead atoms. The van der Waals surface area contributed by atoms with Crippen molar-refractivity contribution in [1.29, 1.82) is 0 Å². The van der Waals surface area contributed by atoms with Crippen LogP contribution < -0.4 is 4.74 Å². The molecule has 0 atom stereocenters. The summed E-state index contributed by atoms with van der Waals surface area (Å²) in [5.74, 6) is 1.36. The summed E-state index contributed by atoms with van der Waals surface area (Å²) < 4.78 is 16.5. The van der Waals surface area contributed by atoms with Gasteiger partial charge in [-0.05, 0) is 35.2 Å². The lowest BCUT2D eigenvalue weighted by atomic mass is 10.0.